The molecule has 0 bridgehead atoms. The van der Waals surface area contributed by atoms with Crippen molar-refractivity contribution in [2.45, 2.75) is 6.92 Å². The molecule has 128 valence electrons. The van der Waals surface area contributed by atoms with E-state index in [4.69, 9.17) is 0 Å². The van der Waals surface area contributed by atoms with Gasteiger partial charge < -0.3 is 5.32 Å². The number of aromatic nitrogens is 2. The van der Waals surface area contributed by atoms with Crippen molar-refractivity contribution >= 4 is 17.2 Å². The first kappa shape index (κ1) is 16.0. The molecule has 26 heavy (non-hydrogen) atoms. The first-order chi connectivity index (χ1) is 12.6. The molecule has 4 rings (SSSR count). The fourth-order valence-electron chi connectivity index (χ4n) is 2.94. The van der Waals surface area contributed by atoms with Gasteiger partial charge in [0.25, 0.3) is 0 Å². The molecular weight excluding hydrogens is 329 g/mol. The maximum absolute atomic E-state index is 13.1. The highest BCUT2D eigenvalue weighted by molar-refractivity contribution is 5.89. The Bertz CT molecular complexity index is 1080. The normalized spacial score (nSPS) is 10.8. The van der Waals surface area contributed by atoms with Gasteiger partial charge in [-0.1, -0.05) is 24.3 Å². The lowest BCUT2D eigenvalue weighted by molar-refractivity contribution is -0.114. The summed E-state index contributed by atoms with van der Waals surface area (Å²) in [7, 11) is 0. The third-order valence-electron chi connectivity index (χ3n) is 4.19. The van der Waals surface area contributed by atoms with E-state index in [-0.39, 0.29) is 11.7 Å². The standard InChI is InChI=1S/C21H16FN3O/c1-14(26)24-19-8-4-16(5-9-19)20-13-23-21-12-17(10-11-25(20)21)15-2-6-18(22)7-3-15/h2-13H,1H3,(H,24,26). The predicted octanol–water partition coefficient (Wildman–Crippen LogP) is 4.77. The van der Waals surface area contributed by atoms with Crippen molar-refractivity contribution in [1.29, 1.82) is 0 Å². The summed E-state index contributed by atoms with van der Waals surface area (Å²) >= 11 is 0. The van der Waals surface area contributed by atoms with Crippen molar-refractivity contribution in [1.82, 2.24) is 9.38 Å². The van der Waals surface area contributed by atoms with Gasteiger partial charge in [0.1, 0.15) is 11.5 Å². The molecule has 0 saturated carbocycles. The van der Waals surface area contributed by atoms with Gasteiger partial charge in [0.15, 0.2) is 0 Å². The van der Waals surface area contributed by atoms with Crippen molar-refractivity contribution in [2.24, 2.45) is 0 Å². The van der Waals surface area contributed by atoms with E-state index in [1.54, 1.807) is 12.1 Å². The monoisotopic (exact) mass is 345 g/mol. The topological polar surface area (TPSA) is 46.4 Å². The van der Waals surface area contributed by atoms with Gasteiger partial charge in [0.2, 0.25) is 5.91 Å². The molecule has 2 aromatic carbocycles. The van der Waals surface area contributed by atoms with E-state index >= 15 is 0 Å². The summed E-state index contributed by atoms with van der Waals surface area (Å²) in [6.45, 7) is 1.48. The maximum Gasteiger partial charge on any atom is 0.221 e. The fraction of sp³-hybridized carbons (Fsp3) is 0.0476. The molecule has 5 heteroatoms. The average molecular weight is 345 g/mol. The number of imidazole rings is 1. The summed E-state index contributed by atoms with van der Waals surface area (Å²) in [6.07, 6.45) is 3.77. The zero-order valence-corrected chi connectivity index (χ0v) is 14.1. The van der Waals surface area contributed by atoms with Crippen LogP contribution >= 0.6 is 0 Å². The third-order valence-corrected chi connectivity index (χ3v) is 4.19. The molecule has 2 aromatic heterocycles. The summed E-state index contributed by atoms with van der Waals surface area (Å²) in [4.78, 5) is 15.6. The second kappa shape index (κ2) is 6.44. The minimum atomic E-state index is -0.249. The molecular formula is C21H16FN3O. The minimum absolute atomic E-state index is 0.0964. The van der Waals surface area contributed by atoms with Crippen molar-refractivity contribution in [3.63, 3.8) is 0 Å². The average Bonchev–Trinajstić information content (AvgIpc) is 3.06. The van der Waals surface area contributed by atoms with Gasteiger partial charge in [0.05, 0.1) is 11.9 Å². The van der Waals surface area contributed by atoms with E-state index in [1.807, 2.05) is 53.2 Å². The molecule has 1 N–H and O–H groups in total. The number of anilines is 1. The number of rotatable bonds is 3. The third kappa shape index (κ3) is 3.07. The number of nitrogens with one attached hydrogen (secondary N) is 1. The fourth-order valence-corrected chi connectivity index (χ4v) is 2.94. The summed E-state index contributed by atoms with van der Waals surface area (Å²) < 4.78 is 15.1. The van der Waals surface area contributed by atoms with Crippen LogP contribution in [0, 0.1) is 5.82 Å². The van der Waals surface area contributed by atoms with E-state index in [1.165, 1.54) is 19.1 Å². The number of fused-ring (bicyclic) bond motifs is 1. The Labute approximate surface area is 149 Å². The van der Waals surface area contributed by atoms with Crippen LogP contribution in [0.2, 0.25) is 0 Å². The van der Waals surface area contributed by atoms with Crippen LogP contribution in [0.25, 0.3) is 28.0 Å². The van der Waals surface area contributed by atoms with Gasteiger partial charge in [0, 0.05) is 24.4 Å². The van der Waals surface area contributed by atoms with E-state index in [9.17, 15) is 9.18 Å². The van der Waals surface area contributed by atoms with Crippen molar-refractivity contribution in [2.75, 3.05) is 5.32 Å². The summed E-state index contributed by atoms with van der Waals surface area (Å²) in [6, 6.07) is 18.0. The number of benzene rings is 2. The molecule has 0 radical (unpaired) electrons. The Morgan fingerprint density at radius 2 is 1.65 bits per heavy atom. The molecule has 4 aromatic rings. The molecule has 2 heterocycles. The van der Waals surface area contributed by atoms with Crippen molar-refractivity contribution in [3.05, 3.63) is 78.9 Å². The number of nitrogens with zero attached hydrogens (tertiary/aromatic N) is 2. The van der Waals surface area contributed by atoms with E-state index < -0.39 is 0 Å². The van der Waals surface area contributed by atoms with E-state index in [0.717, 1.165) is 33.7 Å². The molecule has 1 amide bonds. The Morgan fingerprint density at radius 1 is 0.962 bits per heavy atom. The number of hydrogen-bond acceptors (Lipinski definition) is 2. The van der Waals surface area contributed by atoms with Gasteiger partial charge in [-0.2, -0.15) is 0 Å². The first-order valence-electron chi connectivity index (χ1n) is 8.21. The second-order valence-electron chi connectivity index (χ2n) is 6.05. The van der Waals surface area contributed by atoms with Gasteiger partial charge in [-0.05, 0) is 47.5 Å². The zero-order valence-electron chi connectivity index (χ0n) is 14.1. The molecule has 0 fully saturated rings. The van der Waals surface area contributed by atoms with Crippen LogP contribution in [-0.4, -0.2) is 15.3 Å². The summed E-state index contributed by atoms with van der Waals surface area (Å²) in [5.74, 6) is -0.346. The molecule has 0 aliphatic heterocycles. The molecule has 4 nitrogen and oxygen atoms in total. The number of halogens is 1. The molecule has 0 unspecified atom stereocenters. The first-order valence-corrected chi connectivity index (χ1v) is 8.21. The van der Waals surface area contributed by atoms with Gasteiger partial charge in [-0.3, -0.25) is 9.20 Å². The van der Waals surface area contributed by atoms with Gasteiger partial charge in [-0.15, -0.1) is 0 Å². The number of carbonyl (C=O) groups is 1. The lowest BCUT2D eigenvalue weighted by Crippen LogP contribution is -2.05. The number of carbonyl (C=O) groups excluding carboxylic acids is 1. The molecule has 0 atom stereocenters. The van der Waals surface area contributed by atoms with Crippen LogP contribution in [0.5, 0.6) is 0 Å². The Hall–Kier alpha value is -3.47. The highest BCUT2D eigenvalue weighted by atomic mass is 19.1. The molecule has 0 spiro atoms. The van der Waals surface area contributed by atoms with Crippen LogP contribution in [0.4, 0.5) is 10.1 Å². The van der Waals surface area contributed by atoms with Crippen LogP contribution in [0.3, 0.4) is 0 Å². The quantitative estimate of drug-likeness (QED) is 0.581. The summed E-state index contributed by atoms with van der Waals surface area (Å²) in [5, 5.41) is 2.76. The maximum atomic E-state index is 13.1. The van der Waals surface area contributed by atoms with Gasteiger partial charge >= 0.3 is 0 Å². The Kier molecular flexibility index (Phi) is 3.97. The lowest BCUT2D eigenvalue weighted by Gasteiger charge is -2.06. The van der Waals surface area contributed by atoms with E-state index in [0.29, 0.717) is 0 Å². The highest BCUT2D eigenvalue weighted by Gasteiger charge is 2.08. The number of amides is 1. The smallest absolute Gasteiger partial charge is 0.221 e. The Morgan fingerprint density at radius 3 is 2.35 bits per heavy atom. The van der Waals surface area contributed by atoms with Crippen molar-refractivity contribution in [3.8, 4) is 22.4 Å². The molecule has 0 aliphatic carbocycles. The zero-order chi connectivity index (χ0) is 18.1. The molecule has 0 saturated heterocycles. The second-order valence-corrected chi connectivity index (χ2v) is 6.05. The highest BCUT2D eigenvalue weighted by Crippen LogP contribution is 2.26. The van der Waals surface area contributed by atoms with Gasteiger partial charge in [-0.25, -0.2) is 9.37 Å². The van der Waals surface area contributed by atoms with Crippen molar-refractivity contribution < 1.29 is 9.18 Å². The van der Waals surface area contributed by atoms with Crippen LogP contribution in [0.15, 0.2) is 73.1 Å². The van der Waals surface area contributed by atoms with Crippen LogP contribution < -0.4 is 5.32 Å². The number of pyridine rings is 1. The molecule has 0 aliphatic rings. The van der Waals surface area contributed by atoms with E-state index in [2.05, 4.69) is 10.3 Å². The van der Waals surface area contributed by atoms with Crippen LogP contribution in [0.1, 0.15) is 6.92 Å². The largest absolute Gasteiger partial charge is 0.326 e. The van der Waals surface area contributed by atoms with Crippen LogP contribution in [-0.2, 0) is 4.79 Å². The number of hydrogen-bond donors (Lipinski definition) is 1. The Balaban J connectivity index is 1.69. The predicted molar refractivity (Wildman–Crippen MR) is 100 cm³/mol. The summed E-state index contributed by atoms with van der Waals surface area (Å²) in [5.41, 5.74) is 5.45. The SMILES string of the molecule is CC(=O)Nc1ccc(-c2cnc3cc(-c4ccc(F)cc4)ccn23)cc1. The lowest BCUT2D eigenvalue weighted by atomic mass is 10.1. The minimum Gasteiger partial charge on any atom is -0.326 e.